The van der Waals surface area contributed by atoms with Crippen LogP contribution in [0.1, 0.15) is 0 Å². The molecule has 0 aliphatic carbocycles. The minimum atomic E-state index is -5.47. The van der Waals surface area contributed by atoms with Crippen LogP contribution < -0.4 is 0 Å². The maximum atomic E-state index is 11.5. The average Bonchev–Trinajstić information content (AvgIpc) is 1.80. The van der Waals surface area contributed by atoms with E-state index in [-0.39, 0.29) is 0 Å². The molecule has 1 atom stereocenters. The first-order chi connectivity index (χ1) is 5.07. The van der Waals surface area contributed by atoms with Gasteiger partial charge in [0.1, 0.15) is 0 Å². The molecule has 0 spiro atoms. The lowest BCUT2D eigenvalue weighted by Gasteiger charge is -2.13. The summed E-state index contributed by atoms with van der Waals surface area (Å²) in [5.41, 5.74) is 0. The lowest BCUT2D eigenvalue weighted by atomic mass is 10.3. The van der Waals surface area contributed by atoms with Gasteiger partial charge in [0, 0.05) is 0 Å². The first-order valence-electron chi connectivity index (χ1n) is 2.38. The molecule has 0 aliphatic rings. The zero-order valence-corrected chi connectivity index (χ0v) is 6.72. The number of alkyl halides is 7. The van der Waals surface area contributed by atoms with E-state index < -0.39 is 23.0 Å². The smallest absolute Gasteiger partial charge is 0.288 e. The molecule has 0 aliphatic heterocycles. The van der Waals surface area contributed by atoms with Crippen molar-refractivity contribution in [1.82, 2.24) is 0 Å². The van der Waals surface area contributed by atoms with Gasteiger partial charge in [-0.2, -0.15) is 26.3 Å². The SMILES string of the molecule is O=C(C(Br)C(F)(F)F)C(F)(F)F. The highest BCUT2D eigenvalue weighted by atomic mass is 79.9. The van der Waals surface area contributed by atoms with Gasteiger partial charge in [-0.1, -0.05) is 15.9 Å². The molecular formula is C4HBrF6O. The fourth-order valence-electron chi connectivity index (χ4n) is 0.292. The molecular weight excluding hydrogens is 258 g/mol. The summed E-state index contributed by atoms with van der Waals surface area (Å²) in [6.45, 7) is 0. The molecule has 0 heterocycles. The average molecular weight is 259 g/mol. The lowest BCUT2D eigenvalue weighted by molar-refractivity contribution is -0.187. The van der Waals surface area contributed by atoms with E-state index in [0.717, 1.165) is 0 Å². The topological polar surface area (TPSA) is 17.1 Å². The fraction of sp³-hybridized carbons (Fsp3) is 0.750. The van der Waals surface area contributed by atoms with Gasteiger partial charge in [0.05, 0.1) is 0 Å². The van der Waals surface area contributed by atoms with Crippen molar-refractivity contribution in [2.24, 2.45) is 0 Å². The molecule has 0 aromatic heterocycles. The molecule has 0 saturated carbocycles. The van der Waals surface area contributed by atoms with Crippen LogP contribution in [0.4, 0.5) is 26.3 Å². The molecule has 0 aromatic rings. The second kappa shape index (κ2) is 3.23. The summed E-state index contributed by atoms with van der Waals surface area (Å²) in [5, 5.41) is 0. The van der Waals surface area contributed by atoms with Gasteiger partial charge in [-0.3, -0.25) is 4.79 Å². The van der Waals surface area contributed by atoms with Gasteiger partial charge in [0.15, 0.2) is 4.83 Å². The third-order valence-corrected chi connectivity index (χ3v) is 1.73. The Morgan fingerprint density at radius 1 is 1.08 bits per heavy atom. The summed E-state index contributed by atoms with van der Waals surface area (Å²) >= 11 is 1.60. The number of rotatable bonds is 1. The first-order valence-corrected chi connectivity index (χ1v) is 3.30. The molecule has 0 N–H and O–H groups in total. The summed E-state index contributed by atoms with van der Waals surface area (Å²) in [6, 6.07) is 0. The quantitative estimate of drug-likeness (QED) is 0.522. The van der Waals surface area contributed by atoms with Crippen LogP contribution in [0.2, 0.25) is 0 Å². The monoisotopic (exact) mass is 258 g/mol. The number of Topliss-reactive ketones (excluding diaryl/α,β-unsaturated/α-hetero) is 1. The third kappa shape index (κ3) is 3.00. The molecule has 0 amide bonds. The van der Waals surface area contributed by atoms with E-state index in [1.807, 2.05) is 0 Å². The van der Waals surface area contributed by atoms with Gasteiger partial charge >= 0.3 is 12.4 Å². The Bertz CT molecular complexity index is 181. The van der Waals surface area contributed by atoms with Crippen LogP contribution in [0.15, 0.2) is 0 Å². The Kier molecular flexibility index (Phi) is 3.16. The second-order valence-corrected chi connectivity index (χ2v) is 2.68. The van der Waals surface area contributed by atoms with Crippen molar-refractivity contribution < 1.29 is 31.1 Å². The summed E-state index contributed by atoms with van der Waals surface area (Å²) in [6.07, 6.45) is -10.7. The van der Waals surface area contributed by atoms with Crippen LogP contribution in [-0.4, -0.2) is 23.0 Å². The van der Waals surface area contributed by atoms with Crippen LogP contribution in [0.5, 0.6) is 0 Å². The zero-order chi connectivity index (χ0) is 10.2. The molecule has 0 aromatic carbocycles. The van der Waals surface area contributed by atoms with Crippen molar-refractivity contribution in [3.8, 4) is 0 Å². The standard InChI is InChI=1S/C4HBrF6O/c5-1(3(6,7)8)2(12)4(9,10)11/h1H. The van der Waals surface area contributed by atoms with Gasteiger partial charge in [-0.15, -0.1) is 0 Å². The van der Waals surface area contributed by atoms with Crippen molar-refractivity contribution in [2.45, 2.75) is 17.2 Å². The van der Waals surface area contributed by atoms with Crippen molar-refractivity contribution >= 4 is 21.7 Å². The number of halogens is 7. The Balaban J connectivity index is 4.53. The molecule has 1 unspecified atom stereocenters. The lowest BCUT2D eigenvalue weighted by Crippen LogP contribution is -2.39. The summed E-state index contributed by atoms with van der Waals surface area (Å²) in [4.78, 5) is 6.74. The Labute approximate surface area is 70.9 Å². The Hall–Kier alpha value is -0.270. The Morgan fingerprint density at radius 3 is 1.50 bits per heavy atom. The van der Waals surface area contributed by atoms with Crippen LogP contribution in [0.25, 0.3) is 0 Å². The predicted octanol–water partition coefficient (Wildman–Crippen LogP) is 2.44. The van der Waals surface area contributed by atoms with Crippen LogP contribution in [0.3, 0.4) is 0 Å². The van der Waals surface area contributed by atoms with Crippen LogP contribution in [0, 0.1) is 0 Å². The van der Waals surface area contributed by atoms with Crippen LogP contribution >= 0.6 is 15.9 Å². The minimum Gasteiger partial charge on any atom is -0.288 e. The number of carbonyl (C=O) groups excluding carboxylic acids is 1. The van der Waals surface area contributed by atoms with Gasteiger partial charge in [0.2, 0.25) is 0 Å². The molecule has 0 rings (SSSR count). The van der Waals surface area contributed by atoms with Crippen molar-refractivity contribution in [3.05, 3.63) is 0 Å². The van der Waals surface area contributed by atoms with E-state index in [1.165, 1.54) is 0 Å². The molecule has 12 heavy (non-hydrogen) atoms. The molecule has 0 bridgehead atoms. The van der Waals surface area contributed by atoms with E-state index in [9.17, 15) is 31.1 Å². The van der Waals surface area contributed by atoms with E-state index in [4.69, 9.17) is 0 Å². The van der Waals surface area contributed by atoms with E-state index in [1.54, 1.807) is 15.9 Å². The van der Waals surface area contributed by atoms with Gasteiger partial charge in [0.25, 0.3) is 5.78 Å². The van der Waals surface area contributed by atoms with Crippen molar-refractivity contribution in [3.63, 3.8) is 0 Å². The maximum absolute atomic E-state index is 11.5. The van der Waals surface area contributed by atoms with Crippen molar-refractivity contribution in [2.75, 3.05) is 0 Å². The highest BCUT2D eigenvalue weighted by molar-refractivity contribution is 9.10. The number of ketones is 1. The molecule has 0 saturated heterocycles. The molecule has 1 nitrogen and oxygen atoms in total. The van der Waals surface area contributed by atoms with Crippen molar-refractivity contribution in [1.29, 1.82) is 0 Å². The highest BCUT2D eigenvalue weighted by Gasteiger charge is 2.53. The predicted molar refractivity (Wildman–Crippen MR) is 29.8 cm³/mol. The largest absolute Gasteiger partial charge is 0.451 e. The van der Waals surface area contributed by atoms with Gasteiger partial charge < -0.3 is 0 Å². The molecule has 8 heteroatoms. The summed E-state index contributed by atoms with van der Waals surface area (Å²) < 4.78 is 68.4. The Morgan fingerprint density at radius 2 is 1.42 bits per heavy atom. The summed E-state index contributed by atoms with van der Waals surface area (Å²) in [7, 11) is 0. The van der Waals surface area contributed by atoms with Gasteiger partial charge in [-0.05, 0) is 0 Å². The second-order valence-electron chi connectivity index (χ2n) is 1.77. The normalized spacial score (nSPS) is 15.9. The molecule has 0 radical (unpaired) electrons. The van der Waals surface area contributed by atoms with E-state index in [2.05, 4.69) is 0 Å². The maximum Gasteiger partial charge on any atom is 0.451 e. The highest BCUT2D eigenvalue weighted by Crippen LogP contribution is 2.32. The van der Waals surface area contributed by atoms with Crippen LogP contribution in [-0.2, 0) is 4.79 Å². The number of hydrogen-bond donors (Lipinski definition) is 0. The fourth-order valence-corrected chi connectivity index (χ4v) is 0.552. The molecule has 72 valence electrons. The molecule has 0 fully saturated rings. The number of hydrogen-bond acceptors (Lipinski definition) is 1. The zero-order valence-electron chi connectivity index (χ0n) is 5.13. The summed E-state index contributed by atoms with van der Waals surface area (Å²) in [5.74, 6) is -2.85. The first kappa shape index (κ1) is 11.7. The third-order valence-electron chi connectivity index (χ3n) is 0.797. The van der Waals surface area contributed by atoms with E-state index >= 15 is 0 Å². The number of carbonyl (C=O) groups is 1. The minimum absolute atomic E-state index is 1.60. The van der Waals surface area contributed by atoms with Gasteiger partial charge in [-0.25, -0.2) is 0 Å². The van der Waals surface area contributed by atoms with E-state index in [0.29, 0.717) is 0 Å².